The summed E-state index contributed by atoms with van der Waals surface area (Å²) in [5.41, 5.74) is 2.68. The molecule has 4 nitrogen and oxygen atoms in total. The van der Waals surface area contributed by atoms with Crippen LogP contribution < -0.4 is 4.74 Å². The van der Waals surface area contributed by atoms with E-state index in [0.717, 1.165) is 22.4 Å². The summed E-state index contributed by atoms with van der Waals surface area (Å²) in [4.78, 5) is 0. The zero-order valence-electron chi connectivity index (χ0n) is 15.4. The van der Waals surface area contributed by atoms with Gasteiger partial charge in [-0.15, -0.1) is 0 Å². The maximum absolute atomic E-state index is 9.71. The van der Waals surface area contributed by atoms with Crippen molar-refractivity contribution in [3.8, 4) is 5.75 Å². The molecule has 138 valence electrons. The van der Waals surface area contributed by atoms with Gasteiger partial charge in [0, 0.05) is 5.56 Å². The Kier molecular flexibility index (Phi) is 6.75. The van der Waals surface area contributed by atoms with Gasteiger partial charge in [0.2, 0.25) is 0 Å². The van der Waals surface area contributed by atoms with Gasteiger partial charge in [-0.1, -0.05) is 54.6 Å². The highest BCUT2D eigenvalue weighted by molar-refractivity contribution is 5.66. The minimum Gasteiger partial charge on any atom is -0.489 e. The van der Waals surface area contributed by atoms with Gasteiger partial charge in [-0.3, -0.25) is 0 Å². The Morgan fingerprint density at radius 3 is 2.42 bits per heavy atom. The fourth-order valence-electron chi connectivity index (χ4n) is 2.31. The Labute approximate surface area is 154 Å². The highest BCUT2D eigenvalue weighted by Crippen LogP contribution is 2.21. The third-order valence-corrected chi connectivity index (χ3v) is 3.82. The summed E-state index contributed by atoms with van der Waals surface area (Å²) in [6.07, 6.45) is 4.08. The zero-order valence-corrected chi connectivity index (χ0v) is 15.4. The van der Waals surface area contributed by atoms with Crippen LogP contribution in [0.2, 0.25) is 0 Å². The minimum absolute atomic E-state index is 0.395. The lowest BCUT2D eigenvalue weighted by molar-refractivity contribution is -0.0425. The van der Waals surface area contributed by atoms with Crippen LogP contribution >= 0.6 is 0 Å². The van der Waals surface area contributed by atoms with Gasteiger partial charge in [0.15, 0.2) is 6.29 Å². The van der Waals surface area contributed by atoms with E-state index >= 15 is 0 Å². The second kappa shape index (κ2) is 8.81. The molecule has 2 rings (SSSR count). The number of allylic oxidation sites excluding steroid dienone is 3. The smallest absolute Gasteiger partial charge is 0.178 e. The lowest BCUT2D eigenvalue weighted by Crippen LogP contribution is -2.13. The molecule has 0 aliphatic carbocycles. The molecule has 26 heavy (non-hydrogen) atoms. The van der Waals surface area contributed by atoms with Crippen molar-refractivity contribution in [2.75, 3.05) is 0 Å². The van der Waals surface area contributed by atoms with E-state index in [0.29, 0.717) is 12.2 Å². The van der Waals surface area contributed by atoms with Crippen LogP contribution in [0, 0.1) is 0 Å². The Balaban J connectivity index is 2.02. The Hall–Kier alpha value is -2.40. The van der Waals surface area contributed by atoms with Crippen molar-refractivity contribution in [3.63, 3.8) is 0 Å². The molecule has 0 radical (unpaired) electrons. The maximum Gasteiger partial charge on any atom is 0.178 e. The van der Waals surface area contributed by atoms with Crippen LogP contribution in [0.4, 0.5) is 0 Å². The third-order valence-electron chi connectivity index (χ3n) is 3.82. The molecule has 0 amide bonds. The topological polar surface area (TPSA) is 69.9 Å². The minimum atomic E-state index is -1.46. The van der Waals surface area contributed by atoms with E-state index in [2.05, 4.69) is 0 Å². The predicted octanol–water partition coefficient (Wildman–Crippen LogP) is 3.98. The zero-order chi connectivity index (χ0) is 19.2. The molecule has 0 fully saturated rings. The van der Waals surface area contributed by atoms with Gasteiger partial charge in [0.25, 0.3) is 0 Å². The largest absolute Gasteiger partial charge is 0.489 e. The number of hydrogen-bond donors (Lipinski definition) is 3. The van der Waals surface area contributed by atoms with Crippen LogP contribution in [0.3, 0.4) is 0 Å². The van der Waals surface area contributed by atoms with Crippen molar-refractivity contribution < 1.29 is 20.1 Å². The monoisotopic (exact) mass is 354 g/mol. The fourth-order valence-corrected chi connectivity index (χ4v) is 2.31. The second-order valence-corrected chi connectivity index (χ2v) is 6.79. The molecule has 0 aliphatic rings. The second-order valence-electron chi connectivity index (χ2n) is 6.79. The average Bonchev–Trinajstić information content (AvgIpc) is 2.59. The van der Waals surface area contributed by atoms with Crippen molar-refractivity contribution in [1.29, 1.82) is 0 Å². The maximum atomic E-state index is 9.71. The molecule has 2 aromatic rings. The van der Waals surface area contributed by atoms with Crippen LogP contribution in [-0.4, -0.2) is 20.9 Å². The van der Waals surface area contributed by atoms with Crippen LogP contribution in [0.15, 0.2) is 66.8 Å². The number of ether oxygens (including phenoxy) is 1. The molecule has 0 aliphatic heterocycles. The summed E-state index contributed by atoms with van der Waals surface area (Å²) in [5.74, 6) is 0.757. The van der Waals surface area contributed by atoms with Crippen molar-refractivity contribution in [3.05, 3.63) is 83.4 Å². The summed E-state index contributed by atoms with van der Waals surface area (Å²) in [7, 11) is 0. The Morgan fingerprint density at radius 1 is 1.12 bits per heavy atom. The van der Waals surface area contributed by atoms with Crippen molar-refractivity contribution >= 4 is 5.57 Å². The molecule has 0 aromatic heterocycles. The molecule has 0 unspecified atom stereocenters. The SMILES string of the molecule is CC(=CC=CC(C)(C)O)c1cccc(OCc2ccc(C(O)O)cc2)c1. The normalized spacial score (nSPS) is 12.8. The van der Waals surface area contributed by atoms with E-state index < -0.39 is 11.9 Å². The summed E-state index contributed by atoms with van der Waals surface area (Å²) in [5, 5.41) is 27.9. The van der Waals surface area contributed by atoms with Gasteiger partial charge in [-0.25, -0.2) is 0 Å². The summed E-state index contributed by atoms with van der Waals surface area (Å²) in [6.45, 7) is 5.86. The van der Waals surface area contributed by atoms with Gasteiger partial charge < -0.3 is 20.1 Å². The third kappa shape index (κ3) is 6.48. The molecule has 3 N–H and O–H groups in total. The number of hydrogen-bond acceptors (Lipinski definition) is 4. The van der Waals surface area contributed by atoms with E-state index in [1.165, 1.54) is 0 Å². The molecule has 0 heterocycles. The quantitative estimate of drug-likeness (QED) is 0.520. The van der Waals surface area contributed by atoms with Crippen LogP contribution in [0.25, 0.3) is 5.57 Å². The van der Waals surface area contributed by atoms with Gasteiger partial charge in [0.05, 0.1) is 5.60 Å². The molecule has 4 heteroatoms. The van der Waals surface area contributed by atoms with Gasteiger partial charge >= 0.3 is 0 Å². The summed E-state index contributed by atoms with van der Waals surface area (Å²) < 4.78 is 5.83. The molecule has 0 saturated carbocycles. The Morgan fingerprint density at radius 2 is 1.81 bits per heavy atom. The number of rotatable bonds is 7. The molecular formula is C22H26O4. The van der Waals surface area contributed by atoms with E-state index in [1.807, 2.05) is 55.5 Å². The van der Waals surface area contributed by atoms with E-state index in [9.17, 15) is 5.11 Å². The first-order valence-corrected chi connectivity index (χ1v) is 8.51. The lowest BCUT2D eigenvalue weighted by atomic mass is 10.1. The Bertz CT molecular complexity index is 765. The highest BCUT2D eigenvalue weighted by Gasteiger charge is 2.05. The lowest BCUT2D eigenvalue weighted by Gasteiger charge is -2.10. The summed E-state index contributed by atoms with van der Waals surface area (Å²) >= 11 is 0. The molecule has 0 atom stereocenters. The average molecular weight is 354 g/mol. The van der Waals surface area contributed by atoms with Crippen molar-refractivity contribution in [1.82, 2.24) is 0 Å². The van der Waals surface area contributed by atoms with E-state index in [4.69, 9.17) is 14.9 Å². The van der Waals surface area contributed by atoms with E-state index in [1.54, 1.807) is 32.1 Å². The molecule has 0 spiro atoms. The predicted molar refractivity (Wildman–Crippen MR) is 103 cm³/mol. The van der Waals surface area contributed by atoms with Crippen molar-refractivity contribution in [2.24, 2.45) is 0 Å². The van der Waals surface area contributed by atoms with Gasteiger partial charge in [-0.2, -0.15) is 0 Å². The highest BCUT2D eigenvalue weighted by atomic mass is 16.5. The molecular weight excluding hydrogens is 328 g/mol. The van der Waals surface area contributed by atoms with Crippen LogP contribution in [0.1, 0.15) is 43.8 Å². The first-order valence-electron chi connectivity index (χ1n) is 8.51. The number of aliphatic hydroxyl groups is 3. The van der Waals surface area contributed by atoms with Crippen molar-refractivity contribution in [2.45, 2.75) is 39.3 Å². The molecule has 0 bridgehead atoms. The fraction of sp³-hybridized carbons (Fsp3) is 0.273. The van der Waals surface area contributed by atoms with Gasteiger partial charge in [0.1, 0.15) is 12.4 Å². The van der Waals surface area contributed by atoms with Crippen LogP contribution in [-0.2, 0) is 6.61 Å². The molecule has 2 aromatic carbocycles. The summed E-state index contributed by atoms with van der Waals surface area (Å²) in [6, 6.07) is 14.8. The first kappa shape index (κ1) is 19.9. The van der Waals surface area contributed by atoms with Crippen LogP contribution in [0.5, 0.6) is 5.75 Å². The first-order chi connectivity index (χ1) is 12.2. The number of benzene rings is 2. The van der Waals surface area contributed by atoms with E-state index in [-0.39, 0.29) is 0 Å². The van der Waals surface area contributed by atoms with Gasteiger partial charge in [-0.05, 0) is 49.6 Å². The number of aliphatic hydroxyl groups excluding tert-OH is 1. The standard InChI is InChI=1S/C22H26O4/c1-16(6-5-13-22(2,3)25)19-7-4-8-20(14-19)26-15-17-9-11-18(12-10-17)21(23)24/h4-14,21,23-25H,15H2,1-3H3. The molecule has 0 saturated heterocycles.